The average Bonchev–Trinajstić information content (AvgIpc) is 3.01. The van der Waals surface area contributed by atoms with Crippen molar-refractivity contribution in [3.8, 4) is 0 Å². The molecule has 1 aliphatic heterocycles. The molecule has 3 aromatic carbocycles. The van der Waals surface area contributed by atoms with Gasteiger partial charge < -0.3 is 0 Å². The number of hydrogen-bond acceptors (Lipinski definition) is 2. The molecule has 1 fully saturated rings. The Hall–Kier alpha value is -3.20. The molecule has 0 spiro atoms. The Morgan fingerprint density at radius 2 is 1.31 bits per heavy atom. The molecule has 2 atom stereocenters. The van der Waals surface area contributed by atoms with Crippen molar-refractivity contribution >= 4 is 17.5 Å². The Balaban J connectivity index is 1.64. The van der Waals surface area contributed by atoms with Gasteiger partial charge in [0, 0.05) is 11.3 Å². The minimum atomic E-state index is -0.503. The summed E-state index contributed by atoms with van der Waals surface area (Å²) in [6.45, 7) is 4.11. The Labute approximate surface area is 170 Å². The maximum absolute atomic E-state index is 13.8. The Morgan fingerprint density at radius 1 is 0.759 bits per heavy atom. The lowest BCUT2D eigenvalue weighted by Crippen LogP contribution is -2.51. The van der Waals surface area contributed by atoms with Gasteiger partial charge in [0.05, 0.1) is 17.5 Å². The lowest BCUT2D eigenvalue weighted by molar-refractivity contribution is -0.123. The standard InChI is InChI=1S/C26H21NO2/c1-15-9-3-8-14-20(15)27-24(28)22-21-16-10-4-6-12-18(16)26(2,23(22)25(27)29)19-13-7-5-11-17(19)21/h3-14,21-23H,1-2H3/t21?,22-,23-,26?/m0/s1. The first-order valence-electron chi connectivity index (χ1n) is 10.2. The summed E-state index contributed by atoms with van der Waals surface area (Å²) in [7, 11) is 0. The molecule has 0 unspecified atom stereocenters. The maximum Gasteiger partial charge on any atom is 0.238 e. The van der Waals surface area contributed by atoms with Gasteiger partial charge >= 0.3 is 0 Å². The van der Waals surface area contributed by atoms with Gasteiger partial charge in [0.25, 0.3) is 0 Å². The fourth-order valence-corrected chi connectivity index (χ4v) is 6.20. The van der Waals surface area contributed by atoms with Gasteiger partial charge in [-0.1, -0.05) is 73.7 Å². The minimum Gasteiger partial charge on any atom is -0.274 e. The van der Waals surface area contributed by atoms with Gasteiger partial charge in [-0.3, -0.25) is 9.59 Å². The second kappa shape index (κ2) is 5.44. The number of hydrogen-bond donors (Lipinski definition) is 0. The predicted octanol–water partition coefficient (Wildman–Crippen LogP) is 4.57. The van der Waals surface area contributed by atoms with Crippen molar-refractivity contribution in [1.82, 2.24) is 0 Å². The van der Waals surface area contributed by atoms with E-state index < -0.39 is 5.41 Å². The molecule has 1 saturated heterocycles. The van der Waals surface area contributed by atoms with Crippen LogP contribution in [-0.4, -0.2) is 11.8 Å². The number of carbonyl (C=O) groups excluding carboxylic acids is 2. The Bertz CT molecular complexity index is 1160. The number of carbonyl (C=O) groups is 2. The molecule has 7 rings (SSSR count). The van der Waals surface area contributed by atoms with Gasteiger partial charge in [-0.05, 0) is 40.8 Å². The summed E-state index contributed by atoms with van der Waals surface area (Å²) in [6, 6.07) is 24.4. The lowest BCUT2D eigenvalue weighted by Gasteiger charge is -2.52. The van der Waals surface area contributed by atoms with Gasteiger partial charge in [0.15, 0.2) is 0 Å². The Morgan fingerprint density at radius 3 is 1.93 bits per heavy atom. The van der Waals surface area contributed by atoms with E-state index in [4.69, 9.17) is 0 Å². The van der Waals surface area contributed by atoms with Crippen LogP contribution in [-0.2, 0) is 15.0 Å². The van der Waals surface area contributed by atoms with Crippen molar-refractivity contribution in [3.63, 3.8) is 0 Å². The van der Waals surface area contributed by atoms with Crippen molar-refractivity contribution < 1.29 is 9.59 Å². The molecule has 1 heterocycles. The van der Waals surface area contributed by atoms with E-state index in [1.54, 1.807) is 0 Å². The van der Waals surface area contributed by atoms with Crippen LogP contribution >= 0.6 is 0 Å². The van der Waals surface area contributed by atoms with E-state index in [9.17, 15) is 9.59 Å². The van der Waals surface area contributed by atoms with Crippen LogP contribution in [0.15, 0.2) is 72.8 Å². The first-order valence-corrected chi connectivity index (χ1v) is 10.2. The third-order valence-corrected chi connectivity index (χ3v) is 7.40. The van der Waals surface area contributed by atoms with Gasteiger partial charge in [-0.15, -0.1) is 0 Å². The highest BCUT2D eigenvalue weighted by atomic mass is 16.2. The highest BCUT2D eigenvalue weighted by Crippen LogP contribution is 2.64. The SMILES string of the molecule is Cc1ccccc1N1C(=O)[C@@H]2[C@@H](C1=O)C1c3ccccc3C2(C)c2ccccc21. The summed E-state index contributed by atoms with van der Waals surface area (Å²) in [6.07, 6.45) is 0. The second-order valence-corrected chi connectivity index (χ2v) is 8.66. The van der Waals surface area contributed by atoms with Crippen LogP contribution in [0, 0.1) is 18.8 Å². The van der Waals surface area contributed by atoms with Crippen LogP contribution in [0.2, 0.25) is 0 Å². The fourth-order valence-electron chi connectivity index (χ4n) is 6.20. The quantitative estimate of drug-likeness (QED) is 0.581. The highest BCUT2D eigenvalue weighted by Gasteiger charge is 2.66. The third kappa shape index (κ3) is 1.84. The van der Waals surface area contributed by atoms with E-state index in [-0.39, 0.29) is 29.6 Å². The molecule has 3 heteroatoms. The normalized spacial score (nSPS) is 28.9. The molecule has 29 heavy (non-hydrogen) atoms. The number of amides is 2. The molecule has 0 saturated carbocycles. The number of rotatable bonds is 1. The Kier molecular flexibility index (Phi) is 3.14. The van der Waals surface area contributed by atoms with Crippen molar-refractivity contribution in [1.29, 1.82) is 0 Å². The fraction of sp³-hybridized carbons (Fsp3) is 0.231. The van der Waals surface area contributed by atoms with Gasteiger partial charge in [-0.2, -0.15) is 0 Å². The van der Waals surface area contributed by atoms with E-state index in [2.05, 4.69) is 31.2 Å². The molecule has 3 aromatic rings. The van der Waals surface area contributed by atoms with Crippen molar-refractivity contribution in [2.75, 3.05) is 4.90 Å². The summed E-state index contributed by atoms with van der Waals surface area (Å²) in [5.41, 5.74) is 5.94. The number of imide groups is 1. The van der Waals surface area contributed by atoms with Crippen LogP contribution in [0.3, 0.4) is 0 Å². The third-order valence-electron chi connectivity index (χ3n) is 7.40. The number of anilines is 1. The monoisotopic (exact) mass is 379 g/mol. The lowest BCUT2D eigenvalue weighted by atomic mass is 9.48. The van der Waals surface area contributed by atoms with Crippen LogP contribution < -0.4 is 4.90 Å². The van der Waals surface area contributed by atoms with Crippen molar-refractivity contribution in [3.05, 3.63) is 101 Å². The average molecular weight is 379 g/mol. The van der Waals surface area contributed by atoms with Crippen LogP contribution in [0.1, 0.15) is 40.7 Å². The zero-order valence-corrected chi connectivity index (χ0v) is 16.4. The van der Waals surface area contributed by atoms with E-state index >= 15 is 0 Å². The molecule has 142 valence electrons. The predicted molar refractivity (Wildman–Crippen MR) is 112 cm³/mol. The number of nitrogens with zero attached hydrogens (tertiary/aromatic N) is 1. The molecule has 0 N–H and O–H groups in total. The first-order chi connectivity index (χ1) is 14.0. The van der Waals surface area contributed by atoms with E-state index in [1.807, 2.05) is 55.5 Å². The molecular formula is C26H21NO2. The summed E-state index contributed by atoms with van der Waals surface area (Å²) >= 11 is 0. The van der Waals surface area contributed by atoms with Gasteiger partial charge in [0.1, 0.15) is 0 Å². The zero-order chi connectivity index (χ0) is 19.9. The zero-order valence-electron chi connectivity index (χ0n) is 16.4. The summed E-state index contributed by atoms with van der Waals surface area (Å²) in [4.78, 5) is 29.0. The smallest absolute Gasteiger partial charge is 0.238 e. The first kappa shape index (κ1) is 16.7. The molecule has 2 bridgehead atoms. The molecular weight excluding hydrogens is 358 g/mol. The summed E-state index contributed by atoms with van der Waals surface area (Å²) < 4.78 is 0. The van der Waals surface area contributed by atoms with Crippen LogP contribution in [0.4, 0.5) is 5.69 Å². The topological polar surface area (TPSA) is 37.4 Å². The molecule has 3 nitrogen and oxygen atoms in total. The molecule has 4 aliphatic rings. The molecule has 3 aliphatic carbocycles. The van der Waals surface area contributed by atoms with Crippen molar-refractivity contribution in [2.45, 2.75) is 25.2 Å². The number of benzene rings is 3. The summed E-state index contributed by atoms with van der Waals surface area (Å²) in [5.74, 6) is -0.915. The molecule has 0 radical (unpaired) electrons. The van der Waals surface area contributed by atoms with E-state index in [1.165, 1.54) is 27.2 Å². The van der Waals surface area contributed by atoms with Gasteiger partial charge in [0.2, 0.25) is 11.8 Å². The molecule has 2 amide bonds. The number of aryl methyl sites for hydroxylation is 1. The largest absolute Gasteiger partial charge is 0.274 e. The summed E-state index contributed by atoms with van der Waals surface area (Å²) in [5, 5.41) is 0. The highest BCUT2D eigenvalue weighted by molar-refractivity contribution is 6.24. The van der Waals surface area contributed by atoms with E-state index in [0.29, 0.717) is 5.69 Å². The maximum atomic E-state index is 13.8. The van der Waals surface area contributed by atoms with E-state index in [0.717, 1.165) is 5.56 Å². The van der Waals surface area contributed by atoms with Crippen molar-refractivity contribution in [2.24, 2.45) is 11.8 Å². The van der Waals surface area contributed by atoms with Crippen LogP contribution in [0.25, 0.3) is 0 Å². The van der Waals surface area contributed by atoms with Gasteiger partial charge in [-0.25, -0.2) is 4.90 Å². The molecule has 0 aromatic heterocycles. The second-order valence-electron chi connectivity index (χ2n) is 8.66. The van der Waals surface area contributed by atoms with Crippen LogP contribution in [0.5, 0.6) is 0 Å². The minimum absolute atomic E-state index is 0.0606. The number of para-hydroxylation sites is 1.